The zero-order chi connectivity index (χ0) is 28.6. The Morgan fingerprint density at radius 3 is 2.37 bits per heavy atom. The van der Waals surface area contributed by atoms with E-state index in [0.29, 0.717) is 10.7 Å². The molecule has 10 nitrogen and oxygen atoms in total. The van der Waals surface area contributed by atoms with E-state index >= 15 is 4.39 Å². The molecule has 0 radical (unpaired) electrons. The molecule has 0 spiro atoms. The molecule has 2 amide bonds. The van der Waals surface area contributed by atoms with Gasteiger partial charge < -0.3 is 19.7 Å². The van der Waals surface area contributed by atoms with E-state index in [9.17, 15) is 18.0 Å². The van der Waals surface area contributed by atoms with E-state index in [1.807, 2.05) is 6.92 Å². The summed E-state index contributed by atoms with van der Waals surface area (Å²) in [5, 5.41) is 4.33. The average molecular weight is 591 g/mol. The molecule has 0 unspecified atom stereocenters. The minimum absolute atomic E-state index is 0.0873. The molecule has 1 aliphatic rings. The molecule has 2 heterocycles. The fraction of sp³-hybridized carbons (Fsp3) is 0.542. The van der Waals surface area contributed by atoms with Crippen LogP contribution in [0.2, 0.25) is 5.02 Å². The molecule has 1 aromatic heterocycles. The maximum absolute atomic E-state index is 15.3. The lowest BCUT2D eigenvalue weighted by atomic mass is 10.2. The van der Waals surface area contributed by atoms with Gasteiger partial charge in [-0.1, -0.05) is 11.6 Å². The van der Waals surface area contributed by atoms with Crippen molar-refractivity contribution in [3.63, 3.8) is 0 Å². The maximum atomic E-state index is 15.3. The van der Waals surface area contributed by atoms with Gasteiger partial charge in [-0.3, -0.25) is 0 Å². The predicted molar refractivity (Wildman–Crippen MR) is 144 cm³/mol. The number of carbonyl (C=O) groups is 2. The van der Waals surface area contributed by atoms with Crippen LogP contribution in [0.1, 0.15) is 54.9 Å². The Morgan fingerprint density at radius 2 is 1.82 bits per heavy atom. The summed E-state index contributed by atoms with van der Waals surface area (Å²) in [4.78, 5) is 30.0. The molecule has 1 fully saturated rings. The SMILES string of the molecule is C[C@H]1C[C@H](Nc2cc(F)c(S(=O)(=O)N(C(=O)OC(C)(C)C)c3cscn3)cc2Cl)CN1C(=O)OC(C)(C)C. The minimum Gasteiger partial charge on any atom is -0.444 e. The van der Waals surface area contributed by atoms with Crippen LogP contribution in [0.25, 0.3) is 0 Å². The fourth-order valence-electron chi connectivity index (χ4n) is 3.79. The van der Waals surface area contributed by atoms with Crippen LogP contribution in [0.5, 0.6) is 0 Å². The van der Waals surface area contributed by atoms with Gasteiger partial charge in [0.25, 0.3) is 10.0 Å². The average Bonchev–Trinajstić information content (AvgIpc) is 3.37. The number of halogens is 2. The molecule has 3 rings (SSSR count). The third kappa shape index (κ3) is 7.06. The van der Waals surface area contributed by atoms with Crippen LogP contribution in [0.15, 0.2) is 27.9 Å². The largest absolute Gasteiger partial charge is 0.444 e. The Morgan fingerprint density at radius 1 is 1.18 bits per heavy atom. The van der Waals surface area contributed by atoms with Gasteiger partial charge in [-0.2, -0.15) is 0 Å². The number of carbonyl (C=O) groups excluding carboxylic acids is 2. The standard InChI is InChI=1S/C24H32ClFN4O6S2/c1-14-8-15(11-29(14)21(31)35-23(2,3)4)28-18-10-17(26)19(9-16(18)25)38(33,34)30(20-12-37-13-27-20)22(32)36-24(5,6)7/h9-10,12-15,28H,8,11H2,1-7H3/t14-,15-/m0/s1. The van der Waals surface area contributed by atoms with E-state index in [-0.39, 0.29) is 35.2 Å². The summed E-state index contributed by atoms with van der Waals surface area (Å²) < 4.78 is 53.3. The van der Waals surface area contributed by atoms with Crippen LogP contribution in [0, 0.1) is 5.82 Å². The van der Waals surface area contributed by atoms with Crippen LogP contribution in [0.3, 0.4) is 0 Å². The molecule has 210 valence electrons. The molecular formula is C24H32ClFN4O6S2. The lowest BCUT2D eigenvalue weighted by Gasteiger charge is -2.27. The summed E-state index contributed by atoms with van der Waals surface area (Å²) in [5.74, 6) is -1.36. The van der Waals surface area contributed by atoms with Gasteiger partial charge in [0.05, 0.1) is 16.2 Å². The molecule has 0 bridgehead atoms. The molecule has 2 atom stereocenters. The number of hydrogen-bond donors (Lipinski definition) is 1. The first kappa shape index (κ1) is 29.9. The number of hydrogen-bond acceptors (Lipinski definition) is 9. The predicted octanol–water partition coefficient (Wildman–Crippen LogP) is 5.88. The van der Waals surface area contributed by atoms with Gasteiger partial charge in [-0.25, -0.2) is 27.4 Å². The second-order valence-corrected chi connectivity index (χ2v) is 13.8. The first-order valence-corrected chi connectivity index (χ1v) is 14.6. The summed E-state index contributed by atoms with van der Waals surface area (Å²) in [5.41, 5.74) is -0.191. The number of amides is 2. The zero-order valence-corrected chi connectivity index (χ0v) is 24.6. The number of likely N-dealkylation sites (tertiary alicyclic amines) is 1. The third-order valence-electron chi connectivity index (χ3n) is 5.29. The lowest BCUT2D eigenvalue weighted by Crippen LogP contribution is -2.41. The maximum Gasteiger partial charge on any atom is 0.430 e. The van der Waals surface area contributed by atoms with E-state index in [4.69, 9.17) is 21.1 Å². The number of ether oxygens (including phenoxy) is 2. The van der Waals surface area contributed by atoms with Crippen molar-refractivity contribution in [2.24, 2.45) is 0 Å². The first-order chi connectivity index (χ1) is 17.4. The van der Waals surface area contributed by atoms with Crippen LogP contribution in [-0.2, 0) is 19.5 Å². The number of benzene rings is 1. The second kappa shape index (κ2) is 10.9. The summed E-state index contributed by atoms with van der Waals surface area (Å²) >= 11 is 7.43. The highest BCUT2D eigenvalue weighted by Gasteiger charge is 2.39. The van der Waals surface area contributed by atoms with Crippen molar-refractivity contribution in [1.82, 2.24) is 9.88 Å². The molecule has 14 heteroatoms. The Kier molecular flexibility index (Phi) is 8.54. The molecule has 38 heavy (non-hydrogen) atoms. The molecule has 1 aliphatic heterocycles. The first-order valence-electron chi connectivity index (χ1n) is 11.8. The number of aromatic nitrogens is 1. The van der Waals surface area contributed by atoms with Gasteiger partial charge in [0.15, 0.2) is 5.82 Å². The van der Waals surface area contributed by atoms with Crippen molar-refractivity contribution < 1.29 is 31.9 Å². The van der Waals surface area contributed by atoms with Gasteiger partial charge in [-0.15, -0.1) is 15.6 Å². The topological polar surface area (TPSA) is 118 Å². The molecule has 1 saturated heterocycles. The van der Waals surface area contributed by atoms with Crippen molar-refractivity contribution >= 4 is 56.7 Å². The highest BCUT2D eigenvalue weighted by atomic mass is 35.5. The van der Waals surface area contributed by atoms with Gasteiger partial charge >= 0.3 is 12.2 Å². The van der Waals surface area contributed by atoms with Gasteiger partial charge in [0.1, 0.15) is 21.9 Å². The fourth-order valence-corrected chi connectivity index (χ4v) is 6.01. The number of nitrogens with zero attached hydrogens (tertiary/aromatic N) is 3. The molecule has 0 aliphatic carbocycles. The van der Waals surface area contributed by atoms with Crippen molar-refractivity contribution in [3.8, 4) is 0 Å². The Hall–Kier alpha value is -2.64. The molecule has 2 aromatic rings. The zero-order valence-electron chi connectivity index (χ0n) is 22.2. The van der Waals surface area contributed by atoms with Crippen LogP contribution >= 0.6 is 22.9 Å². The van der Waals surface area contributed by atoms with Crippen molar-refractivity contribution in [2.75, 3.05) is 16.2 Å². The quantitative estimate of drug-likeness (QED) is 0.459. The summed E-state index contributed by atoms with van der Waals surface area (Å²) in [6.45, 7) is 12.2. The monoisotopic (exact) mass is 590 g/mol. The summed E-state index contributed by atoms with van der Waals surface area (Å²) in [6.07, 6.45) is -1.16. The molecule has 0 saturated carbocycles. The summed E-state index contributed by atoms with van der Waals surface area (Å²) in [6, 6.07) is 1.45. The normalized spacial score (nSPS) is 18.3. The number of sulfonamides is 1. The molecule has 1 N–H and O–H groups in total. The lowest BCUT2D eigenvalue weighted by molar-refractivity contribution is 0.0237. The van der Waals surface area contributed by atoms with Crippen LogP contribution in [-0.4, -0.2) is 60.3 Å². The van der Waals surface area contributed by atoms with E-state index in [0.717, 1.165) is 23.5 Å². The van der Waals surface area contributed by atoms with E-state index < -0.39 is 44.1 Å². The smallest absolute Gasteiger partial charge is 0.430 e. The van der Waals surface area contributed by atoms with Crippen LogP contribution < -0.4 is 9.62 Å². The minimum atomic E-state index is -4.79. The van der Waals surface area contributed by atoms with Crippen LogP contribution in [0.4, 0.5) is 25.5 Å². The number of nitrogens with one attached hydrogen (secondary N) is 1. The van der Waals surface area contributed by atoms with Gasteiger partial charge in [0.2, 0.25) is 0 Å². The third-order valence-corrected chi connectivity index (χ3v) is 7.86. The highest BCUT2D eigenvalue weighted by Crippen LogP contribution is 2.34. The molecule has 1 aromatic carbocycles. The Bertz CT molecular complexity index is 1290. The number of thiazole rings is 1. The van der Waals surface area contributed by atoms with E-state index in [1.54, 1.807) is 46.4 Å². The van der Waals surface area contributed by atoms with Gasteiger partial charge in [0, 0.05) is 24.0 Å². The molecular weight excluding hydrogens is 559 g/mol. The van der Waals surface area contributed by atoms with Gasteiger partial charge in [-0.05, 0) is 67.0 Å². The number of anilines is 2. The Labute approximate surface area is 231 Å². The van der Waals surface area contributed by atoms with Crippen molar-refractivity contribution in [3.05, 3.63) is 33.9 Å². The van der Waals surface area contributed by atoms with Crippen molar-refractivity contribution in [1.29, 1.82) is 0 Å². The summed E-state index contributed by atoms with van der Waals surface area (Å²) in [7, 11) is -4.79. The second-order valence-electron chi connectivity index (χ2n) is 10.9. The Balaban J connectivity index is 1.87. The van der Waals surface area contributed by atoms with E-state index in [1.165, 1.54) is 10.9 Å². The highest BCUT2D eigenvalue weighted by molar-refractivity contribution is 7.93. The number of rotatable bonds is 5. The van der Waals surface area contributed by atoms with E-state index in [2.05, 4.69) is 10.3 Å². The van der Waals surface area contributed by atoms with Crippen molar-refractivity contribution in [2.45, 2.75) is 83.1 Å².